The molecule has 30 heavy (non-hydrogen) atoms. The van der Waals surface area contributed by atoms with Crippen LogP contribution < -0.4 is 14.8 Å². The Morgan fingerprint density at radius 3 is 2.57 bits per heavy atom. The number of ether oxygens (including phenoxy) is 2. The van der Waals surface area contributed by atoms with Crippen molar-refractivity contribution in [2.45, 2.75) is 25.4 Å². The van der Waals surface area contributed by atoms with Crippen molar-refractivity contribution in [2.24, 2.45) is 4.99 Å². The van der Waals surface area contributed by atoms with E-state index in [-0.39, 0.29) is 24.0 Å². The number of methoxy groups -OCH3 is 2. The molecule has 1 aliphatic rings. The van der Waals surface area contributed by atoms with Crippen molar-refractivity contribution >= 4 is 52.9 Å². The summed E-state index contributed by atoms with van der Waals surface area (Å²) in [5.41, 5.74) is 1.20. The van der Waals surface area contributed by atoms with Crippen molar-refractivity contribution < 1.29 is 14.6 Å². The highest BCUT2D eigenvalue weighted by Crippen LogP contribution is 2.33. The first kappa shape index (κ1) is 25.0. The van der Waals surface area contributed by atoms with Crippen LogP contribution in [0, 0.1) is 0 Å². The van der Waals surface area contributed by atoms with E-state index in [1.807, 2.05) is 19.1 Å². The van der Waals surface area contributed by atoms with E-state index < -0.39 is 6.10 Å². The first-order valence-electron chi connectivity index (χ1n) is 9.73. The Morgan fingerprint density at radius 2 is 2.00 bits per heavy atom. The smallest absolute Gasteiger partial charge is 0.194 e. The molecule has 1 fully saturated rings. The van der Waals surface area contributed by atoms with E-state index in [0.717, 1.165) is 48.4 Å². The van der Waals surface area contributed by atoms with Crippen LogP contribution in [0.2, 0.25) is 4.34 Å². The van der Waals surface area contributed by atoms with Crippen molar-refractivity contribution in [3.8, 4) is 11.5 Å². The van der Waals surface area contributed by atoms with E-state index in [9.17, 15) is 5.11 Å². The third-order valence-electron chi connectivity index (χ3n) is 5.00. The summed E-state index contributed by atoms with van der Waals surface area (Å²) >= 11 is 7.36. The Bertz CT molecular complexity index is 826. The zero-order valence-corrected chi connectivity index (χ0v) is 21.3. The minimum atomic E-state index is -0.651. The maximum absolute atomic E-state index is 10.4. The SMILES string of the molecule is CCNC(=NCC(O)c1ccc(Cl)s1)N1CCC(c2cc(OC)cc(OC)c2)C1.I. The summed E-state index contributed by atoms with van der Waals surface area (Å²) in [5.74, 6) is 2.79. The van der Waals surface area contributed by atoms with Crippen molar-refractivity contribution in [1.82, 2.24) is 10.2 Å². The second kappa shape index (κ2) is 12.0. The van der Waals surface area contributed by atoms with Gasteiger partial charge in [-0.2, -0.15) is 0 Å². The summed E-state index contributed by atoms with van der Waals surface area (Å²) in [6.45, 7) is 4.87. The van der Waals surface area contributed by atoms with Gasteiger partial charge in [-0.15, -0.1) is 35.3 Å². The number of hydrogen-bond donors (Lipinski definition) is 2. The molecule has 6 nitrogen and oxygen atoms in total. The molecular formula is C21H29ClIN3O3S. The van der Waals surface area contributed by atoms with Crippen molar-refractivity contribution in [2.75, 3.05) is 40.4 Å². The molecule has 0 radical (unpaired) electrons. The van der Waals surface area contributed by atoms with Crippen molar-refractivity contribution in [3.05, 3.63) is 45.1 Å². The van der Waals surface area contributed by atoms with Gasteiger partial charge < -0.3 is 24.8 Å². The van der Waals surface area contributed by atoms with Crippen LogP contribution in [0.25, 0.3) is 0 Å². The lowest BCUT2D eigenvalue weighted by Crippen LogP contribution is -2.40. The number of hydrogen-bond acceptors (Lipinski definition) is 5. The lowest BCUT2D eigenvalue weighted by Gasteiger charge is -2.22. The minimum Gasteiger partial charge on any atom is -0.497 e. The maximum atomic E-state index is 10.4. The van der Waals surface area contributed by atoms with Crippen molar-refractivity contribution in [1.29, 1.82) is 0 Å². The lowest BCUT2D eigenvalue weighted by molar-refractivity contribution is 0.190. The van der Waals surface area contributed by atoms with Gasteiger partial charge in [-0.05, 0) is 43.2 Å². The number of guanidine groups is 1. The van der Waals surface area contributed by atoms with Gasteiger partial charge >= 0.3 is 0 Å². The van der Waals surface area contributed by atoms with Crippen LogP contribution in [0.5, 0.6) is 11.5 Å². The van der Waals surface area contributed by atoms with Crippen LogP contribution in [-0.4, -0.2) is 56.4 Å². The third-order valence-corrected chi connectivity index (χ3v) is 6.34. The van der Waals surface area contributed by atoms with Gasteiger partial charge in [0.15, 0.2) is 5.96 Å². The standard InChI is InChI=1S/C21H28ClN3O3S.HI/c1-4-23-21(24-12-18(26)19-5-6-20(22)29-19)25-8-7-14(13-25)15-9-16(27-2)11-17(10-15)28-3;/h5-6,9-11,14,18,26H,4,7-8,12-13H2,1-3H3,(H,23,24);1H. The summed E-state index contributed by atoms with van der Waals surface area (Å²) in [6.07, 6.45) is 0.367. The van der Waals surface area contributed by atoms with Gasteiger partial charge in [0.05, 0.1) is 25.1 Å². The molecule has 1 aliphatic heterocycles. The Kier molecular flexibility index (Phi) is 9.99. The molecule has 0 bridgehead atoms. The van der Waals surface area contributed by atoms with Gasteiger partial charge in [0.1, 0.15) is 17.6 Å². The van der Waals surface area contributed by atoms with E-state index in [2.05, 4.69) is 27.3 Å². The van der Waals surface area contributed by atoms with Crippen molar-refractivity contribution in [3.63, 3.8) is 0 Å². The number of nitrogens with zero attached hydrogens (tertiary/aromatic N) is 2. The van der Waals surface area contributed by atoms with E-state index in [1.54, 1.807) is 20.3 Å². The molecule has 1 saturated heterocycles. The number of aliphatic imine (C=N–C) groups is 1. The van der Waals surface area contributed by atoms with E-state index in [4.69, 9.17) is 21.1 Å². The largest absolute Gasteiger partial charge is 0.497 e. The van der Waals surface area contributed by atoms with Gasteiger partial charge in [-0.25, -0.2) is 0 Å². The van der Waals surface area contributed by atoms with Crippen LogP contribution in [0.15, 0.2) is 35.3 Å². The molecule has 1 aromatic heterocycles. The van der Waals surface area contributed by atoms with Crippen LogP contribution >= 0.6 is 46.9 Å². The Labute approximate surface area is 204 Å². The van der Waals surface area contributed by atoms with E-state index in [0.29, 0.717) is 16.8 Å². The molecule has 3 rings (SSSR count). The molecule has 2 N–H and O–H groups in total. The molecule has 9 heteroatoms. The summed E-state index contributed by atoms with van der Waals surface area (Å²) in [7, 11) is 3.34. The number of aliphatic hydroxyl groups excluding tert-OH is 1. The molecule has 0 aliphatic carbocycles. The number of benzene rings is 1. The first-order chi connectivity index (χ1) is 14.0. The van der Waals surface area contributed by atoms with Crippen LogP contribution in [0.1, 0.15) is 35.8 Å². The summed E-state index contributed by atoms with van der Waals surface area (Å²) in [6, 6.07) is 9.69. The molecule has 1 aromatic carbocycles. The molecule has 2 unspecified atom stereocenters. The fourth-order valence-corrected chi connectivity index (χ4v) is 4.52. The second-order valence-electron chi connectivity index (χ2n) is 6.93. The van der Waals surface area contributed by atoms with Gasteiger partial charge in [0, 0.05) is 36.5 Å². The van der Waals surface area contributed by atoms with E-state index in [1.165, 1.54) is 16.9 Å². The summed E-state index contributed by atoms with van der Waals surface area (Å²) < 4.78 is 11.5. The quantitative estimate of drug-likeness (QED) is 0.294. The van der Waals surface area contributed by atoms with Crippen LogP contribution in [0.4, 0.5) is 0 Å². The molecular weight excluding hydrogens is 537 g/mol. The summed E-state index contributed by atoms with van der Waals surface area (Å²) in [5, 5.41) is 13.8. The highest BCUT2D eigenvalue weighted by molar-refractivity contribution is 14.0. The second-order valence-corrected chi connectivity index (χ2v) is 8.68. The molecule has 0 spiro atoms. The average molecular weight is 566 g/mol. The number of likely N-dealkylation sites (tertiary alicyclic amines) is 1. The number of thiophene rings is 1. The fraction of sp³-hybridized carbons (Fsp3) is 0.476. The van der Waals surface area contributed by atoms with Crippen LogP contribution in [-0.2, 0) is 0 Å². The molecule has 2 heterocycles. The van der Waals surface area contributed by atoms with Gasteiger partial charge in [-0.3, -0.25) is 4.99 Å². The zero-order chi connectivity index (χ0) is 20.8. The van der Waals surface area contributed by atoms with Gasteiger partial charge in [0.2, 0.25) is 0 Å². The molecule has 0 amide bonds. The fourth-order valence-electron chi connectivity index (χ4n) is 3.49. The molecule has 2 atom stereocenters. The monoisotopic (exact) mass is 565 g/mol. The van der Waals surface area contributed by atoms with E-state index >= 15 is 0 Å². The number of rotatable bonds is 7. The van der Waals surface area contributed by atoms with Crippen LogP contribution in [0.3, 0.4) is 0 Å². The topological polar surface area (TPSA) is 66.3 Å². The zero-order valence-electron chi connectivity index (χ0n) is 17.4. The average Bonchev–Trinajstić information content (AvgIpc) is 3.40. The molecule has 2 aromatic rings. The molecule has 166 valence electrons. The number of aliphatic hydroxyl groups is 1. The maximum Gasteiger partial charge on any atom is 0.194 e. The predicted octanol–water partition coefficient (Wildman–Crippen LogP) is 4.53. The Hall–Kier alpha value is -1.23. The van der Waals surface area contributed by atoms with Gasteiger partial charge in [-0.1, -0.05) is 11.6 Å². The number of nitrogens with one attached hydrogen (secondary N) is 1. The predicted molar refractivity (Wildman–Crippen MR) is 134 cm³/mol. The highest BCUT2D eigenvalue weighted by Gasteiger charge is 2.27. The van der Waals surface area contributed by atoms with Gasteiger partial charge in [0.25, 0.3) is 0 Å². The Morgan fingerprint density at radius 1 is 1.30 bits per heavy atom. The highest BCUT2D eigenvalue weighted by atomic mass is 127. The first-order valence-corrected chi connectivity index (χ1v) is 10.9. The normalized spacial score (nSPS) is 17.4. The Balaban J connectivity index is 0.00000320. The number of halogens is 2. The lowest BCUT2D eigenvalue weighted by atomic mass is 9.98. The summed E-state index contributed by atoms with van der Waals surface area (Å²) in [4.78, 5) is 7.75. The minimum absolute atomic E-state index is 0. The third kappa shape index (κ3) is 6.38. The molecule has 0 saturated carbocycles.